The van der Waals surface area contributed by atoms with Gasteiger partial charge in [-0.2, -0.15) is 0 Å². The smallest absolute Gasteiger partial charge is 0.0856 e. The lowest BCUT2D eigenvalue weighted by atomic mass is 10.1. The monoisotopic (exact) mass is 199 g/mol. The van der Waals surface area contributed by atoms with E-state index in [2.05, 4.69) is 45.4 Å². The Labute approximate surface area is 86.5 Å². The molecule has 0 aromatic rings. The summed E-state index contributed by atoms with van der Waals surface area (Å²) in [4.78, 5) is 0. The van der Waals surface area contributed by atoms with Crippen molar-refractivity contribution < 1.29 is 0 Å². The van der Waals surface area contributed by atoms with Crippen LogP contribution in [0, 0.1) is 0 Å². The highest BCUT2D eigenvalue weighted by Crippen LogP contribution is 2.06. The average molecular weight is 199 g/mol. The van der Waals surface area contributed by atoms with E-state index in [1.54, 1.807) is 5.57 Å². The molecule has 0 unspecified atom stereocenters. The van der Waals surface area contributed by atoms with Crippen molar-refractivity contribution in [3.05, 3.63) is 23.3 Å². The van der Waals surface area contributed by atoms with E-state index in [1.807, 2.05) is 0 Å². The van der Waals surface area contributed by atoms with Gasteiger partial charge in [-0.3, -0.25) is 0 Å². The summed E-state index contributed by atoms with van der Waals surface area (Å²) in [6.45, 7) is 6.56. The van der Waals surface area contributed by atoms with E-state index in [-0.39, 0.29) is 0 Å². The Morgan fingerprint density at radius 2 is 1.69 bits per heavy atom. The maximum atomic E-state index is 2.39. The van der Waals surface area contributed by atoms with Gasteiger partial charge in [0, 0.05) is 0 Å². The van der Waals surface area contributed by atoms with Gasteiger partial charge in [0.2, 0.25) is 0 Å². The van der Waals surface area contributed by atoms with Gasteiger partial charge in [0.25, 0.3) is 0 Å². The molecule has 1 heteroatoms. The molecule has 0 nitrogen and oxygen atoms in total. The Morgan fingerprint density at radius 1 is 1.08 bits per heavy atom. The molecular weight excluding hydrogens is 176 g/mol. The van der Waals surface area contributed by atoms with Crippen molar-refractivity contribution in [2.45, 2.75) is 33.6 Å². The van der Waals surface area contributed by atoms with E-state index in [1.165, 1.54) is 24.2 Å². The normalized spacial score (nSPS) is 12.0. The van der Waals surface area contributed by atoms with Gasteiger partial charge < -0.3 is 0 Å². The molecule has 0 atom stereocenters. The second-order valence-electron chi connectivity index (χ2n) is 4.02. The van der Waals surface area contributed by atoms with Crippen molar-refractivity contribution in [2.24, 2.45) is 0 Å². The topological polar surface area (TPSA) is 0 Å². The first-order valence-corrected chi connectivity index (χ1v) is 7.06. The first kappa shape index (κ1) is 12.8. The van der Waals surface area contributed by atoms with Gasteiger partial charge in [-0.15, -0.1) is 0 Å². The van der Waals surface area contributed by atoms with Crippen molar-refractivity contribution >= 4 is 10.9 Å². The third-order valence-electron chi connectivity index (χ3n) is 1.86. The molecule has 0 aromatic carbocycles. The fraction of sp³-hybridized carbons (Fsp3) is 0.667. The third-order valence-corrected chi connectivity index (χ3v) is 2.69. The molecule has 0 saturated carbocycles. The summed E-state index contributed by atoms with van der Waals surface area (Å²) in [6.07, 6.45) is 11.7. The predicted molar refractivity (Wildman–Crippen MR) is 66.5 cm³/mol. The molecule has 0 N–H and O–H groups in total. The molecule has 0 aromatic heterocycles. The molecule has 0 amide bonds. The minimum absolute atomic E-state index is 0.558. The molecule has 0 aliphatic carbocycles. The lowest BCUT2D eigenvalue weighted by Crippen LogP contribution is -1.98. The van der Waals surface area contributed by atoms with Gasteiger partial charge in [0.1, 0.15) is 5.75 Å². The molecule has 0 rings (SSSR count). The molecule has 0 aliphatic heterocycles. The average Bonchev–Trinajstić information content (AvgIpc) is 2.00. The first-order valence-electron chi connectivity index (χ1n) is 4.85. The fourth-order valence-corrected chi connectivity index (χ4v) is 1.62. The van der Waals surface area contributed by atoms with E-state index in [0.29, 0.717) is 10.9 Å². The van der Waals surface area contributed by atoms with Gasteiger partial charge in [-0.1, -0.05) is 17.2 Å². The second kappa shape index (κ2) is 7.25. The van der Waals surface area contributed by atoms with Crippen LogP contribution >= 0.6 is 0 Å². The standard InChI is InChI=1S/C12H23S/c1-11(2)7-6-8-12(3)9-10-13(4)5/h7,9H,6,8,10H2,1-5H3/q+1/b12-9+. The van der Waals surface area contributed by atoms with Crippen LogP contribution in [0.25, 0.3) is 0 Å². The van der Waals surface area contributed by atoms with Crippen molar-refractivity contribution in [3.63, 3.8) is 0 Å². The van der Waals surface area contributed by atoms with Crippen LogP contribution in [-0.4, -0.2) is 18.3 Å². The summed E-state index contributed by atoms with van der Waals surface area (Å²) in [7, 11) is 0.558. The van der Waals surface area contributed by atoms with Gasteiger partial charge in [-0.25, -0.2) is 0 Å². The molecule has 13 heavy (non-hydrogen) atoms. The van der Waals surface area contributed by atoms with Crippen molar-refractivity contribution in [1.29, 1.82) is 0 Å². The number of allylic oxidation sites excluding steroid dienone is 3. The van der Waals surface area contributed by atoms with Crippen LogP contribution in [0.15, 0.2) is 23.3 Å². The zero-order valence-corrected chi connectivity index (χ0v) is 10.5. The largest absolute Gasteiger partial charge is 0.126 e. The summed E-state index contributed by atoms with van der Waals surface area (Å²) >= 11 is 0. The SMILES string of the molecule is CC(C)=CCC/C(C)=C/C[S+](C)C. The number of hydrogen-bond donors (Lipinski definition) is 0. The molecule has 0 aliphatic rings. The van der Waals surface area contributed by atoms with Crippen molar-refractivity contribution in [1.82, 2.24) is 0 Å². The van der Waals surface area contributed by atoms with E-state index < -0.39 is 0 Å². The number of rotatable bonds is 5. The summed E-state index contributed by atoms with van der Waals surface area (Å²) in [6, 6.07) is 0. The minimum Gasteiger partial charge on any atom is -0.0856 e. The second-order valence-corrected chi connectivity index (χ2v) is 6.33. The van der Waals surface area contributed by atoms with Crippen LogP contribution in [0.2, 0.25) is 0 Å². The van der Waals surface area contributed by atoms with E-state index in [9.17, 15) is 0 Å². The Balaban J connectivity index is 3.67. The molecule has 0 bridgehead atoms. The number of hydrogen-bond acceptors (Lipinski definition) is 0. The third kappa shape index (κ3) is 9.75. The molecule has 0 heterocycles. The highest BCUT2D eigenvalue weighted by atomic mass is 32.2. The van der Waals surface area contributed by atoms with Crippen LogP contribution in [0.3, 0.4) is 0 Å². The summed E-state index contributed by atoms with van der Waals surface area (Å²) in [5.41, 5.74) is 2.97. The van der Waals surface area contributed by atoms with Crippen LogP contribution in [0.4, 0.5) is 0 Å². The summed E-state index contributed by atoms with van der Waals surface area (Å²) in [5, 5.41) is 0. The molecule has 0 saturated heterocycles. The quantitative estimate of drug-likeness (QED) is 0.469. The Hall–Kier alpha value is -0.170. The molecule has 0 radical (unpaired) electrons. The van der Waals surface area contributed by atoms with Crippen LogP contribution < -0.4 is 0 Å². The maximum Gasteiger partial charge on any atom is 0.126 e. The van der Waals surface area contributed by atoms with Gasteiger partial charge >= 0.3 is 0 Å². The van der Waals surface area contributed by atoms with Crippen LogP contribution in [-0.2, 0) is 10.9 Å². The lowest BCUT2D eigenvalue weighted by molar-refractivity contribution is 0.964. The van der Waals surface area contributed by atoms with Crippen molar-refractivity contribution in [2.75, 3.05) is 18.3 Å². The molecule has 0 fully saturated rings. The highest BCUT2D eigenvalue weighted by molar-refractivity contribution is 7.95. The van der Waals surface area contributed by atoms with Crippen LogP contribution in [0.1, 0.15) is 33.6 Å². The molecule has 76 valence electrons. The van der Waals surface area contributed by atoms with Gasteiger partial charge in [-0.05, 0) is 50.6 Å². The van der Waals surface area contributed by atoms with Gasteiger partial charge in [0.05, 0.1) is 12.5 Å². The lowest BCUT2D eigenvalue weighted by Gasteiger charge is -1.98. The van der Waals surface area contributed by atoms with E-state index in [4.69, 9.17) is 0 Å². The predicted octanol–water partition coefficient (Wildman–Crippen LogP) is 3.56. The van der Waals surface area contributed by atoms with Gasteiger partial charge in [0.15, 0.2) is 0 Å². The zero-order chi connectivity index (χ0) is 10.3. The summed E-state index contributed by atoms with van der Waals surface area (Å²) in [5.74, 6) is 1.25. The highest BCUT2D eigenvalue weighted by Gasteiger charge is 1.97. The Morgan fingerprint density at radius 3 is 2.15 bits per heavy atom. The zero-order valence-electron chi connectivity index (χ0n) is 9.68. The summed E-state index contributed by atoms with van der Waals surface area (Å²) < 4.78 is 0. The Bertz CT molecular complexity index is 183. The fourth-order valence-electron chi connectivity index (χ4n) is 1.000. The minimum atomic E-state index is 0.558. The van der Waals surface area contributed by atoms with E-state index >= 15 is 0 Å². The first-order chi connectivity index (χ1) is 6.02. The van der Waals surface area contributed by atoms with Crippen molar-refractivity contribution in [3.8, 4) is 0 Å². The molecule has 0 spiro atoms. The maximum absolute atomic E-state index is 2.39. The van der Waals surface area contributed by atoms with Crippen LogP contribution in [0.5, 0.6) is 0 Å². The molecular formula is C12H23S+. The van der Waals surface area contributed by atoms with E-state index in [0.717, 1.165) is 0 Å². The Kier molecular flexibility index (Phi) is 7.16.